The summed E-state index contributed by atoms with van der Waals surface area (Å²) < 4.78 is 7.06. The molecule has 0 amide bonds. The Morgan fingerprint density at radius 1 is 0.667 bits per heavy atom. The van der Waals surface area contributed by atoms with E-state index in [0.717, 1.165) is 13.2 Å². The molecule has 0 saturated carbocycles. The van der Waals surface area contributed by atoms with E-state index in [1.807, 2.05) is 0 Å². The van der Waals surface area contributed by atoms with Crippen LogP contribution in [0.2, 0.25) is 0 Å². The maximum absolute atomic E-state index is 7.06. The first-order valence-electron chi connectivity index (χ1n) is 13.0. The van der Waals surface area contributed by atoms with Crippen molar-refractivity contribution in [1.29, 1.82) is 0 Å². The van der Waals surface area contributed by atoms with Gasteiger partial charge >= 0.3 is 0 Å². The molecule has 0 aromatic heterocycles. The van der Waals surface area contributed by atoms with Crippen LogP contribution in [0.15, 0.2) is 0 Å². The molecule has 5 heterocycles. The Labute approximate surface area is 183 Å². The number of hydrogen-bond donors (Lipinski definition) is 1. The van der Waals surface area contributed by atoms with E-state index in [1.165, 1.54) is 117 Å². The number of quaternary nitrogens is 1. The average Bonchev–Trinajstić information content (AvgIpc) is 3.35. The predicted molar refractivity (Wildman–Crippen MR) is 119 cm³/mol. The van der Waals surface area contributed by atoms with Crippen molar-refractivity contribution in [3.63, 3.8) is 0 Å². The van der Waals surface area contributed by atoms with Crippen LogP contribution in [0, 0.1) is 0 Å². The summed E-state index contributed by atoms with van der Waals surface area (Å²) in [4.78, 5) is 10.9. The van der Waals surface area contributed by atoms with Crippen molar-refractivity contribution < 1.29 is 9.75 Å². The van der Waals surface area contributed by atoms with Gasteiger partial charge in [-0.1, -0.05) is 12.8 Å². The molecule has 5 fully saturated rings. The molecule has 0 spiro atoms. The highest BCUT2D eigenvalue weighted by molar-refractivity contribution is 4.98. The summed E-state index contributed by atoms with van der Waals surface area (Å²) in [5.41, 5.74) is 0. The molecule has 1 N–H and O–H groups in total. The first-order chi connectivity index (χ1) is 14.8. The van der Waals surface area contributed by atoms with Crippen LogP contribution in [0.1, 0.15) is 51.4 Å². The van der Waals surface area contributed by atoms with Crippen molar-refractivity contribution in [1.82, 2.24) is 24.6 Å². The van der Waals surface area contributed by atoms with Gasteiger partial charge in [-0.3, -0.25) is 24.6 Å². The van der Waals surface area contributed by atoms with Gasteiger partial charge in [0.05, 0.1) is 13.2 Å². The van der Waals surface area contributed by atoms with Crippen LogP contribution in [0.5, 0.6) is 0 Å². The quantitative estimate of drug-likeness (QED) is 0.693. The van der Waals surface area contributed by atoms with Crippen molar-refractivity contribution in [3.05, 3.63) is 0 Å². The Morgan fingerprint density at radius 2 is 1.20 bits per heavy atom. The molecular weight excluding hydrogens is 376 g/mol. The smallest absolute Gasteiger partial charge is 0.215 e. The Balaban J connectivity index is 1.51. The molecule has 1 unspecified atom stereocenters. The normalized spacial score (nSPS) is 34.5. The van der Waals surface area contributed by atoms with E-state index in [4.69, 9.17) is 4.74 Å². The van der Waals surface area contributed by atoms with E-state index in [0.29, 0.717) is 6.17 Å². The molecule has 0 radical (unpaired) electrons. The van der Waals surface area contributed by atoms with Crippen LogP contribution in [0.4, 0.5) is 0 Å². The molecule has 7 nitrogen and oxygen atoms in total. The summed E-state index contributed by atoms with van der Waals surface area (Å²) in [5.74, 6) is -0.250. The molecule has 0 bridgehead atoms. The van der Waals surface area contributed by atoms with Gasteiger partial charge < -0.3 is 4.74 Å². The molecule has 0 aliphatic carbocycles. The average molecular weight is 422 g/mol. The highest BCUT2D eigenvalue weighted by Gasteiger charge is 2.59. The molecule has 1 atom stereocenters. The lowest BCUT2D eigenvalue weighted by Crippen LogP contribution is -3.22. The molecule has 0 aromatic carbocycles. The first kappa shape index (κ1) is 21.6. The van der Waals surface area contributed by atoms with Crippen LogP contribution in [0.3, 0.4) is 0 Å². The third-order valence-electron chi connectivity index (χ3n) is 8.35. The van der Waals surface area contributed by atoms with E-state index in [-0.39, 0.29) is 5.85 Å². The Kier molecular flexibility index (Phi) is 6.96. The molecule has 5 saturated heterocycles. The number of piperidine rings is 2. The van der Waals surface area contributed by atoms with E-state index >= 15 is 0 Å². The van der Waals surface area contributed by atoms with Gasteiger partial charge in [-0.05, 0) is 45.6 Å². The van der Waals surface area contributed by atoms with Gasteiger partial charge in [0.1, 0.15) is 13.1 Å². The number of rotatable bonds is 4. The summed E-state index contributed by atoms with van der Waals surface area (Å²) in [6.45, 7) is 14.1. The molecular formula is C23H45N6O+. The van der Waals surface area contributed by atoms with Crippen LogP contribution in [-0.2, 0) is 4.74 Å². The summed E-state index contributed by atoms with van der Waals surface area (Å²) in [5, 5.41) is 4.55. The van der Waals surface area contributed by atoms with Gasteiger partial charge in [0.2, 0.25) is 5.85 Å². The zero-order chi connectivity index (χ0) is 20.4. The van der Waals surface area contributed by atoms with Gasteiger partial charge in [-0.25, -0.2) is 0 Å². The largest absolute Gasteiger partial charge is 0.343 e. The number of nitrogens with one attached hydrogen (secondary N) is 1. The molecule has 5 rings (SSSR count). The number of piperazine rings is 1. The Morgan fingerprint density at radius 3 is 1.77 bits per heavy atom. The van der Waals surface area contributed by atoms with Crippen LogP contribution in [-0.4, -0.2) is 122 Å². The van der Waals surface area contributed by atoms with Gasteiger partial charge in [0, 0.05) is 52.4 Å². The van der Waals surface area contributed by atoms with Gasteiger partial charge in [-0.2, -0.15) is 0 Å². The van der Waals surface area contributed by atoms with Gasteiger partial charge in [0.25, 0.3) is 0 Å². The highest BCUT2D eigenvalue weighted by atomic mass is 16.5. The molecule has 7 heteroatoms. The minimum atomic E-state index is -0.250. The number of ether oxygens (including phenoxy) is 1. The maximum Gasteiger partial charge on any atom is 0.215 e. The zero-order valence-electron chi connectivity index (χ0n) is 19.4. The van der Waals surface area contributed by atoms with Gasteiger partial charge in [-0.15, -0.1) is 5.01 Å². The number of morpholine rings is 1. The van der Waals surface area contributed by atoms with Crippen LogP contribution in [0.25, 0.3) is 0 Å². The highest BCUT2D eigenvalue weighted by Crippen LogP contribution is 2.38. The second-order valence-electron chi connectivity index (χ2n) is 10.3. The van der Waals surface area contributed by atoms with Crippen molar-refractivity contribution in [2.75, 3.05) is 85.6 Å². The van der Waals surface area contributed by atoms with E-state index in [2.05, 4.69) is 31.7 Å². The maximum atomic E-state index is 7.06. The lowest BCUT2D eigenvalue weighted by molar-refractivity contribution is -1.03. The zero-order valence-corrected chi connectivity index (χ0v) is 19.4. The van der Waals surface area contributed by atoms with Crippen molar-refractivity contribution >= 4 is 0 Å². The number of likely N-dealkylation sites (tertiary alicyclic amines) is 3. The fourth-order valence-electron chi connectivity index (χ4n) is 6.75. The number of hydrogen-bond acceptors (Lipinski definition) is 6. The molecule has 0 aromatic rings. The summed E-state index contributed by atoms with van der Waals surface area (Å²) in [6.07, 6.45) is 11.1. The fraction of sp³-hybridized carbons (Fsp3) is 1.00. The van der Waals surface area contributed by atoms with Crippen LogP contribution < -0.4 is 5.01 Å². The fourth-order valence-corrected chi connectivity index (χ4v) is 6.75. The first-order valence-corrected chi connectivity index (χ1v) is 13.0. The van der Waals surface area contributed by atoms with E-state index in [1.54, 1.807) is 5.01 Å². The van der Waals surface area contributed by atoms with Crippen molar-refractivity contribution in [3.8, 4) is 0 Å². The lowest BCUT2D eigenvalue weighted by atomic mass is 10.0. The molecule has 5 aliphatic rings. The van der Waals surface area contributed by atoms with Crippen molar-refractivity contribution in [2.24, 2.45) is 0 Å². The molecule has 172 valence electrons. The van der Waals surface area contributed by atoms with Crippen molar-refractivity contribution in [2.45, 2.75) is 63.4 Å². The number of nitrogens with zero attached hydrogens (tertiary/aromatic N) is 5. The third kappa shape index (κ3) is 4.07. The SMILES string of the molecule is CN1CC[NH+](N2CCOC(N3CCCCC3)(N3CCCCC3)C2N2CCCC2)CC1. The summed E-state index contributed by atoms with van der Waals surface area (Å²) >= 11 is 0. The summed E-state index contributed by atoms with van der Waals surface area (Å²) in [6, 6.07) is 0. The predicted octanol–water partition coefficient (Wildman–Crippen LogP) is 0.111. The van der Waals surface area contributed by atoms with Gasteiger partial charge in [0.15, 0.2) is 6.17 Å². The molecule has 30 heavy (non-hydrogen) atoms. The summed E-state index contributed by atoms with van der Waals surface area (Å²) in [7, 11) is 2.28. The second kappa shape index (κ2) is 9.69. The van der Waals surface area contributed by atoms with E-state index in [9.17, 15) is 0 Å². The third-order valence-corrected chi connectivity index (χ3v) is 8.35. The Bertz CT molecular complexity index is 518. The minimum Gasteiger partial charge on any atom is -0.343 e. The minimum absolute atomic E-state index is 0.250. The van der Waals surface area contributed by atoms with Crippen LogP contribution >= 0.6 is 0 Å². The van der Waals surface area contributed by atoms with E-state index < -0.39 is 0 Å². The number of likely N-dealkylation sites (N-methyl/N-ethyl adjacent to an activating group) is 1. The Hall–Kier alpha value is -0.280. The lowest BCUT2D eigenvalue weighted by Gasteiger charge is -2.61. The second-order valence-corrected chi connectivity index (χ2v) is 10.3. The molecule has 5 aliphatic heterocycles. The topological polar surface area (TPSA) is 29.9 Å². The standard InChI is InChI=1S/C23H44N6O/c1-24-16-18-28(19-17-24)29-20-21-30-23(26-12-4-2-5-13-26,27-14-6-3-7-15-27)22(29)25-10-8-9-11-25/h22H,2-21H2,1H3/p+1. The monoisotopic (exact) mass is 421 g/mol.